The topological polar surface area (TPSA) is 60.9 Å². The smallest absolute Gasteiger partial charge is 0.266 e. The number of nitrogen functional groups attached to an aromatic ring is 1. The van der Waals surface area contributed by atoms with Gasteiger partial charge >= 0.3 is 0 Å². The van der Waals surface area contributed by atoms with Crippen molar-refractivity contribution in [3.05, 3.63) is 64.1 Å². The van der Waals surface area contributed by atoms with Gasteiger partial charge in [0.15, 0.2) is 0 Å². The summed E-state index contributed by atoms with van der Waals surface area (Å²) in [6, 6.07) is 1.01. The molecule has 21 heavy (non-hydrogen) atoms. The predicted octanol–water partition coefficient (Wildman–Crippen LogP) is 2.75. The van der Waals surface area contributed by atoms with Crippen molar-refractivity contribution in [1.82, 2.24) is 9.55 Å². The Morgan fingerprint density at radius 1 is 1.43 bits per heavy atom. The van der Waals surface area contributed by atoms with Crippen LogP contribution in [0.3, 0.4) is 0 Å². The number of nitrogens with zero attached hydrogens (tertiary/aromatic N) is 2. The molecule has 0 saturated carbocycles. The van der Waals surface area contributed by atoms with E-state index in [-0.39, 0.29) is 16.6 Å². The van der Waals surface area contributed by atoms with Gasteiger partial charge in [-0.25, -0.2) is 9.37 Å². The summed E-state index contributed by atoms with van der Waals surface area (Å²) in [4.78, 5) is 17.1. The molecule has 106 valence electrons. The quantitative estimate of drug-likeness (QED) is 0.738. The van der Waals surface area contributed by atoms with E-state index in [1.165, 1.54) is 18.2 Å². The Morgan fingerprint density at radius 3 is 3.00 bits per heavy atom. The van der Waals surface area contributed by atoms with Crippen LogP contribution >= 0.6 is 0 Å². The highest BCUT2D eigenvalue weighted by atomic mass is 19.1. The number of para-hydroxylation sites is 1. The number of benzene rings is 2. The van der Waals surface area contributed by atoms with E-state index in [2.05, 4.69) is 4.98 Å². The summed E-state index contributed by atoms with van der Waals surface area (Å²) < 4.78 is 69.1. The number of hydrogen-bond donors (Lipinski definition) is 1. The molecule has 0 amide bonds. The van der Waals surface area contributed by atoms with Gasteiger partial charge in [0.05, 0.1) is 22.1 Å². The minimum absolute atomic E-state index is 0.0406. The fraction of sp³-hybridized carbons (Fsp3) is 0.125. The average molecular weight is 290 g/mol. The van der Waals surface area contributed by atoms with E-state index in [9.17, 15) is 9.18 Å². The van der Waals surface area contributed by atoms with Crippen molar-refractivity contribution < 1.29 is 14.0 Å². The molecule has 0 bridgehead atoms. The van der Waals surface area contributed by atoms with Gasteiger partial charge in [-0.15, -0.1) is 0 Å². The van der Waals surface area contributed by atoms with Crippen molar-refractivity contribution in [2.24, 2.45) is 0 Å². The van der Waals surface area contributed by atoms with Crippen LogP contribution in [0.4, 0.5) is 10.1 Å². The van der Waals surface area contributed by atoms with Crippen molar-refractivity contribution in [3.63, 3.8) is 0 Å². The molecular formula is C16H14FN3O. The molecule has 1 heterocycles. The summed E-state index contributed by atoms with van der Waals surface area (Å²) in [5, 5.41) is -0.0406. The molecule has 4 nitrogen and oxygen atoms in total. The Kier molecular flexibility index (Phi) is 1.76. The highest BCUT2D eigenvalue weighted by Crippen LogP contribution is 2.18. The van der Waals surface area contributed by atoms with Crippen LogP contribution in [0.1, 0.15) is 21.0 Å². The van der Waals surface area contributed by atoms with Crippen LogP contribution in [0.15, 0.2) is 47.2 Å². The number of fused-ring (bicyclic) bond motifs is 1. The first-order valence-corrected chi connectivity index (χ1v) is 5.97. The first-order valence-electron chi connectivity index (χ1n) is 9.47. The van der Waals surface area contributed by atoms with Crippen molar-refractivity contribution >= 4 is 16.6 Å². The normalized spacial score (nSPS) is 16.3. The molecule has 3 rings (SSSR count). The Balaban J connectivity index is 2.60. The minimum atomic E-state index is -3.00. The number of anilines is 1. The summed E-state index contributed by atoms with van der Waals surface area (Å²) in [7, 11) is 0. The summed E-state index contributed by atoms with van der Waals surface area (Å²) in [6.45, 7) is -4.26. The molecule has 2 aromatic carbocycles. The molecule has 1 aromatic heterocycles. The fourth-order valence-electron chi connectivity index (χ4n) is 2.04. The van der Waals surface area contributed by atoms with E-state index in [1.807, 2.05) is 0 Å². The number of aromatic nitrogens is 2. The first-order chi connectivity index (χ1) is 13.0. The molecule has 0 atom stereocenters. The lowest BCUT2D eigenvalue weighted by Crippen LogP contribution is -2.24. The van der Waals surface area contributed by atoms with Gasteiger partial charge in [-0.3, -0.25) is 9.36 Å². The van der Waals surface area contributed by atoms with Gasteiger partial charge in [0.2, 0.25) is 0 Å². The average Bonchev–Trinajstić information content (AvgIpc) is 2.62. The predicted molar refractivity (Wildman–Crippen MR) is 81.3 cm³/mol. The van der Waals surface area contributed by atoms with Crippen molar-refractivity contribution in [3.8, 4) is 5.69 Å². The Bertz CT molecular complexity index is 1170. The zero-order chi connectivity index (χ0) is 21.0. The Morgan fingerprint density at radius 2 is 2.24 bits per heavy atom. The molecular weight excluding hydrogens is 269 g/mol. The highest BCUT2D eigenvalue weighted by Gasteiger charge is 2.14. The summed E-state index contributed by atoms with van der Waals surface area (Å²) in [5.41, 5.74) is 3.70. The largest absolute Gasteiger partial charge is 0.399 e. The maximum Gasteiger partial charge on any atom is 0.266 e. The van der Waals surface area contributed by atoms with Crippen LogP contribution in [0.2, 0.25) is 0 Å². The molecule has 0 radical (unpaired) electrons. The Hall–Kier alpha value is -2.69. The highest BCUT2D eigenvalue weighted by molar-refractivity contribution is 5.81. The molecule has 0 spiro atoms. The van der Waals surface area contributed by atoms with Gasteiger partial charge in [0.1, 0.15) is 12.5 Å². The third kappa shape index (κ3) is 2.16. The maximum atomic E-state index is 13.7. The molecule has 0 aliphatic carbocycles. The molecule has 0 saturated heterocycles. The van der Waals surface area contributed by atoms with Crippen molar-refractivity contribution in [2.45, 2.75) is 13.5 Å². The molecule has 0 unspecified atom stereocenters. The molecule has 3 aromatic rings. The Labute approximate surface area is 130 Å². The minimum Gasteiger partial charge on any atom is -0.399 e. The number of rotatable bonds is 2. The molecule has 0 aliphatic heterocycles. The van der Waals surface area contributed by atoms with E-state index in [0.29, 0.717) is 4.57 Å². The van der Waals surface area contributed by atoms with Crippen LogP contribution in [0.5, 0.6) is 0 Å². The van der Waals surface area contributed by atoms with Crippen molar-refractivity contribution in [2.75, 3.05) is 5.73 Å². The van der Waals surface area contributed by atoms with Crippen molar-refractivity contribution in [1.29, 1.82) is 0 Å². The SMILES string of the molecule is [2H]c1c([2H])c([2H])c(C([2H])([2H])[2H])c(-n2c(CF)nc3ccc(N)cc3c2=O)c1[2H]. The van der Waals surface area contributed by atoms with Gasteiger partial charge in [-0.05, 0) is 36.7 Å². The summed E-state index contributed by atoms with van der Waals surface area (Å²) in [5.74, 6) is -0.488. The molecule has 2 N–H and O–H groups in total. The van der Waals surface area contributed by atoms with Gasteiger partial charge in [-0.1, -0.05) is 18.1 Å². The second kappa shape index (κ2) is 5.01. The lowest BCUT2D eigenvalue weighted by molar-refractivity contribution is 0.457. The second-order valence-electron chi connectivity index (χ2n) is 4.30. The summed E-state index contributed by atoms with van der Waals surface area (Å²) >= 11 is 0. The standard InChI is InChI=1S/C16H14FN3O/c1-10-4-2-3-5-14(10)20-15(9-17)19-13-7-6-11(18)8-12(13)16(20)21/h2-8H,9,18H2,1H3/i1D3,2D,3D,4D,5D. The van der Waals surface area contributed by atoms with Gasteiger partial charge in [0.25, 0.3) is 5.56 Å². The summed E-state index contributed by atoms with van der Waals surface area (Å²) in [6.07, 6.45) is 0. The zero-order valence-electron chi connectivity index (χ0n) is 17.7. The van der Waals surface area contributed by atoms with E-state index in [0.717, 1.165) is 0 Å². The van der Waals surface area contributed by atoms with Crippen LogP contribution in [-0.4, -0.2) is 9.55 Å². The number of halogens is 1. The zero-order valence-corrected chi connectivity index (χ0v) is 10.7. The lowest BCUT2D eigenvalue weighted by atomic mass is 10.1. The lowest BCUT2D eigenvalue weighted by Gasteiger charge is -2.13. The molecule has 5 heteroatoms. The number of nitrogens with two attached hydrogens (primary N) is 1. The van der Waals surface area contributed by atoms with E-state index in [1.54, 1.807) is 0 Å². The monoisotopic (exact) mass is 290 g/mol. The van der Waals surface area contributed by atoms with Crippen LogP contribution in [-0.2, 0) is 6.67 Å². The first kappa shape index (κ1) is 7.36. The van der Waals surface area contributed by atoms with Gasteiger partial charge in [0, 0.05) is 9.80 Å². The fourth-order valence-corrected chi connectivity index (χ4v) is 2.04. The second-order valence-corrected chi connectivity index (χ2v) is 4.30. The van der Waals surface area contributed by atoms with E-state index >= 15 is 0 Å². The van der Waals surface area contributed by atoms with E-state index in [4.69, 9.17) is 15.3 Å². The van der Waals surface area contributed by atoms with Crippen LogP contribution in [0, 0.1) is 6.85 Å². The number of alkyl halides is 1. The van der Waals surface area contributed by atoms with E-state index < -0.39 is 60.3 Å². The number of hydrogen-bond acceptors (Lipinski definition) is 3. The third-order valence-corrected chi connectivity index (χ3v) is 2.97. The van der Waals surface area contributed by atoms with Crippen LogP contribution in [0.25, 0.3) is 16.6 Å². The molecule has 0 fully saturated rings. The van der Waals surface area contributed by atoms with Crippen LogP contribution < -0.4 is 11.3 Å². The van der Waals surface area contributed by atoms with Gasteiger partial charge < -0.3 is 5.73 Å². The molecule has 0 aliphatic rings. The van der Waals surface area contributed by atoms with Gasteiger partial charge in [-0.2, -0.15) is 0 Å². The third-order valence-electron chi connectivity index (χ3n) is 2.97. The maximum absolute atomic E-state index is 13.7.